The van der Waals surface area contributed by atoms with E-state index in [9.17, 15) is 4.79 Å². The first-order valence-electron chi connectivity index (χ1n) is 8.53. The molecule has 1 unspecified atom stereocenters. The summed E-state index contributed by atoms with van der Waals surface area (Å²) in [6, 6.07) is 4.65. The van der Waals surface area contributed by atoms with Gasteiger partial charge in [0.1, 0.15) is 0 Å². The minimum absolute atomic E-state index is 0.0685. The Morgan fingerprint density at radius 2 is 2.17 bits per heavy atom. The van der Waals surface area contributed by atoms with Crippen LogP contribution >= 0.6 is 11.3 Å². The van der Waals surface area contributed by atoms with Gasteiger partial charge in [-0.25, -0.2) is 4.68 Å². The first-order chi connectivity index (χ1) is 11.5. The number of nitrogens with one attached hydrogen (secondary N) is 2. The quantitative estimate of drug-likeness (QED) is 0.870. The van der Waals surface area contributed by atoms with Crippen molar-refractivity contribution < 1.29 is 4.79 Å². The molecule has 2 aromatic rings. The SMILES string of the molecule is Cc1ccc(CC(C)NC(=O)c2nnn(C3CCNCC3)c2C)s1. The van der Waals surface area contributed by atoms with Gasteiger partial charge in [0.25, 0.3) is 5.91 Å². The second-order valence-electron chi connectivity index (χ2n) is 6.54. The molecule has 0 radical (unpaired) electrons. The van der Waals surface area contributed by atoms with E-state index in [0.29, 0.717) is 11.7 Å². The highest BCUT2D eigenvalue weighted by atomic mass is 32.1. The highest BCUT2D eigenvalue weighted by molar-refractivity contribution is 7.11. The molecule has 1 fully saturated rings. The van der Waals surface area contributed by atoms with Crippen LogP contribution in [0.4, 0.5) is 0 Å². The normalized spacial score (nSPS) is 17.0. The molecule has 7 heteroatoms. The summed E-state index contributed by atoms with van der Waals surface area (Å²) in [4.78, 5) is 15.1. The molecule has 0 saturated carbocycles. The van der Waals surface area contributed by atoms with Crippen LogP contribution in [0.5, 0.6) is 0 Å². The number of piperidine rings is 1. The maximum absolute atomic E-state index is 12.5. The Hall–Kier alpha value is -1.73. The van der Waals surface area contributed by atoms with Crippen molar-refractivity contribution in [2.24, 2.45) is 0 Å². The highest BCUT2D eigenvalue weighted by Crippen LogP contribution is 2.20. The molecule has 130 valence electrons. The van der Waals surface area contributed by atoms with E-state index in [2.05, 4.69) is 40.0 Å². The summed E-state index contributed by atoms with van der Waals surface area (Å²) in [7, 11) is 0. The molecule has 1 aliphatic heterocycles. The summed E-state index contributed by atoms with van der Waals surface area (Å²) < 4.78 is 1.92. The minimum Gasteiger partial charge on any atom is -0.348 e. The largest absolute Gasteiger partial charge is 0.348 e. The number of carbonyl (C=O) groups excluding carboxylic acids is 1. The third kappa shape index (κ3) is 3.84. The molecule has 3 heterocycles. The van der Waals surface area contributed by atoms with Gasteiger partial charge in [0.15, 0.2) is 5.69 Å². The molecule has 1 amide bonds. The lowest BCUT2D eigenvalue weighted by Gasteiger charge is -2.23. The number of hydrogen-bond donors (Lipinski definition) is 2. The molecular weight excluding hydrogens is 322 g/mol. The van der Waals surface area contributed by atoms with Crippen molar-refractivity contribution in [2.45, 2.75) is 52.1 Å². The Kier molecular flexibility index (Phi) is 5.30. The average molecular weight is 347 g/mol. The minimum atomic E-state index is -0.131. The van der Waals surface area contributed by atoms with Gasteiger partial charge in [-0.2, -0.15) is 0 Å². The van der Waals surface area contributed by atoms with Gasteiger partial charge in [-0.3, -0.25) is 4.79 Å². The third-order valence-corrected chi connectivity index (χ3v) is 5.50. The van der Waals surface area contributed by atoms with Gasteiger partial charge < -0.3 is 10.6 Å². The molecule has 0 bridgehead atoms. The first-order valence-corrected chi connectivity index (χ1v) is 9.35. The van der Waals surface area contributed by atoms with E-state index in [1.165, 1.54) is 9.75 Å². The van der Waals surface area contributed by atoms with Crippen LogP contribution in [-0.2, 0) is 6.42 Å². The number of rotatable bonds is 5. The van der Waals surface area contributed by atoms with Crippen LogP contribution < -0.4 is 10.6 Å². The van der Waals surface area contributed by atoms with Crippen molar-refractivity contribution in [3.63, 3.8) is 0 Å². The highest BCUT2D eigenvalue weighted by Gasteiger charge is 2.23. The van der Waals surface area contributed by atoms with Crippen molar-refractivity contribution in [2.75, 3.05) is 13.1 Å². The molecule has 1 saturated heterocycles. The smallest absolute Gasteiger partial charge is 0.273 e. The van der Waals surface area contributed by atoms with Crippen LogP contribution in [0.1, 0.15) is 51.7 Å². The summed E-state index contributed by atoms with van der Waals surface area (Å²) in [5, 5.41) is 14.8. The van der Waals surface area contributed by atoms with Gasteiger partial charge in [0, 0.05) is 22.2 Å². The average Bonchev–Trinajstić information content (AvgIpc) is 3.13. The fraction of sp³-hybridized carbons (Fsp3) is 0.588. The monoisotopic (exact) mass is 347 g/mol. The molecule has 3 rings (SSSR count). The van der Waals surface area contributed by atoms with Crippen molar-refractivity contribution >= 4 is 17.2 Å². The van der Waals surface area contributed by atoms with Crippen LogP contribution in [0.2, 0.25) is 0 Å². The number of aryl methyl sites for hydroxylation is 1. The Labute approximate surface area is 146 Å². The van der Waals surface area contributed by atoms with E-state index >= 15 is 0 Å². The number of carbonyl (C=O) groups is 1. The van der Waals surface area contributed by atoms with Crippen molar-refractivity contribution in [3.8, 4) is 0 Å². The Balaban J connectivity index is 1.63. The number of nitrogens with zero attached hydrogens (tertiary/aromatic N) is 3. The molecule has 0 spiro atoms. The molecule has 6 nitrogen and oxygen atoms in total. The molecular formula is C17H25N5OS. The maximum Gasteiger partial charge on any atom is 0.273 e. The molecule has 2 aromatic heterocycles. The Morgan fingerprint density at radius 1 is 1.42 bits per heavy atom. The zero-order valence-corrected chi connectivity index (χ0v) is 15.3. The molecule has 1 aliphatic rings. The number of aromatic nitrogens is 3. The topological polar surface area (TPSA) is 71.8 Å². The lowest BCUT2D eigenvalue weighted by atomic mass is 10.1. The molecule has 2 N–H and O–H groups in total. The molecule has 24 heavy (non-hydrogen) atoms. The van der Waals surface area contributed by atoms with Crippen molar-refractivity contribution in [1.82, 2.24) is 25.6 Å². The van der Waals surface area contributed by atoms with Gasteiger partial charge in [-0.1, -0.05) is 5.21 Å². The lowest BCUT2D eigenvalue weighted by Crippen LogP contribution is -2.34. The van der Waals surface area contributed by atoms with Gasteiger partial charge in [-0.15, -0.1) is 16.4 Å². The van der Waals surface area contributed by atoms with Gasteiger partial charge in [-0.05, 0) is 58.8 Å². The van der Waals surface area contributed by atoms with E-state index < -0.39 is 0 Å². The molecule has 0 aliphatic carbocycles. The van der Waals surface area contributed by atoms with Gasteiger partial charge >= 0.3 is 0 Å². The first kappa shape index (κ1) is 17.1. The van der Waals surface area contributed by atoms with Crippen LogP contribution in [0, 0.1) is 13.8 Å². The summed E-state index contributed by atoms with van der Waals surface area (Å²) in [5.74, 6) is -0.131. The fourth-order valence-corrected chi connectivity index (χ4v) is 4.21. The summed E-state index contributed by atoms with van der Waals surface area (Å²) in [6.45, 7) is 8.04. The van der Waals surface area contributed by atoms with Gasteiger partial charge in [0.2, 0.25) is 0 Å². The second-order valence-corrected chi connectivity index (χ2v) is 7.91. The van der Waals surface area contributed by atoms with Crippen molar-refractivity contribution in [3.05, 3.63) is 33.3 Å². The second kappa shape index (κ2) is 7.44. The number of hydrogen-bond acceptors (Lipinski definition) is 5. The predicted molar refractivity (Wildman–Crippen MR) is 95.6 cm³/mol. The van der Waals surface area contributed by atoms with Crippen molar-refractivity contribution in [1.29, 1.82) is 0 Å². The van der Waals surface area contributed by atoms with E-state index in [1.807, 2.05) is 18.5 Å². The zero-order chi connectivity index (χ0) is 17.1. The summed E-state index contributed by atoms with van der Waals surface area (Å²) in [6.07, 6.45) is 2.89. The summed E-state index contributed by atoms with van der Waals surface area (Å²) >= 11 is 1.78. The zero-order valence-electron chi connectivity index (χ0n) is 14.5. The van der Waals surface area contributed by atoms with Crippen LogP contribution in [0.25, 0.3) is 0 Å². The number of amides is 1. The lowest BCUT2D eigenvalue weighted by molar-refractivity contribution is 0.0934. The molecule has 1 atom stereocenters. The Morgan fingerprint density at radius 3 is 2.83 bits per heavy atom. The maximum atomic E-state index is 12.5. The van der Waals surface area contributed by atoms with E-state index in [1.54, 1.807) is 11.3 Å². The van der Waals surface area contributed by atoms with Gasteiger partial charge in [0.05, 0.1) is 11.7 Å². The predicted octanol–water partition coefficient (Wildman–Crippen LogP) is 2.24. The van der Waals surface area contributed by atoms with E-state index in [-0.39, 0.29) is 11.9 Å². The Bertz CT molecular complexity index is 702. The van der Waals surface area contributed by atoms with Crippen LogP contribution in [0.15, 0.2) is 12.1 Å². The number of thiophene rings is 1. The molecule has 0 aromatic carbocycles. The van der Waals surface area contributed by atoms with Crippen LogP contribution in [-0.4, -0.2) is 40.0 Å². The van der Waals surface area contributed by atoms with E-state index in [0.717, 1.165) is 38.0 Å². The van der Waals surface area contributed by atoms with Crippen LogP contribution in [0.3, 0.4) is 0 Å². The van der Waals surface area contributed by atoms with E-state index in [4.69, 9.17) is 0 Å². The fourth-order valence-electron chi connectivity index (χ4n) is 3.19. The summed E-state index contributed by atoms with van der Waals surface area (Å²) in [5.41, 5.74) is 1.31. The third-order valence-electron chi connectivity index (χ3n) is 4.48. The standard InChI is InChI=1S/C17H25N5OS/c1-11(10-15-5-4-12(2)24-15)19-17(23)16-13(3)22(21-20-16)14-6-8-18-9-7-14/h4-5,11,14,18H,6-10H2,1-3H3,(H,19,23).